The van der Waals surface area contributed by atoms with Gasteiger partial charge in [-0.2, -0.15) is 0 Å². The molecule has 9 nitrogen and oxygen atoms in total. The zero-order valence-electron chi connectivity index (χ0n) is 12.0. The van der Waals surface area contributed by atoms with Crippen molar-refractivity contribution in [3.05, 3.63) is 0 Å². The zero-order chi connectivity index (χ0) is 16.3. The molecule has 21 heavy (non-hydrogen) atoms. The van der Waals surface area contributed by atoms with Gasteiger partial charge in [0.2, 0.25) is 0 Å². The van der Waals surface area contributed by atoms with Gasteiger partial charge < -0.3 is 31.3 Å². The van der Waals surface area contributed by atoms with Gasteiger partial charge in [0.1, 0.15) is 0 Å². The molecule has 0 amide bonds. The Bertz CT molecular complexity index is 347. The topological polar surface area (TPSA) is 148 Å². The predicted molar refractivity (Wildman–Crippen MR) is 74.2 cm³/mol. The third kappa shape index (κ3) is 7.02. The highest BCUT2D eigenvalue weighted by atomic mass is 16.4. The molecule has 0 spiro atoms. The highest BCUT2D eigenvalue weighted by Crippen LogP contribution is 2.22. The molecule has 0 aliphatic carbocycles. The maximum atomic E-state index is 11.1. The van der Waals surface area contributed by atoms with E-state index < -0.39 is 36.3 Å². The Balaban J connectivity index is 4.22. The molecule has 0 saturated heterocycles. The number of hydrogen-bond donors (Lipinski definition) is 6. The fourth-order valence-corrected chi connectivity index (χ4v) is 1.67. The quantitative estimate of drug-likeness (QED) is 0.175. The average molecular weight is 305 g/mol. The number of aliphatic carboxylic acids is 3. The Kier molecular flexibility index (Phi) is 9.26. The van der Waals surface area contributed by atoms with Gasteiger partial charge in [-0.25, -0.2) is 0 Å². The molecule has 0 aromatic carbocycles. The highest BCUT2D eigenvalue weighted by molar-refractivity contribution is 6.01. The summed E-state index contributed by atoms with van der Waals surface area (Å²) in [4.78, 5) is 32.9. The summed E-state index contributed by atoms with van der Waals surface area (Å²) in [5, 5.41) is 35.6. The van der Waals surface area contributed by atoms with Crippen LogP contribution >= 0.6 is 0 Å². The van der Waals surface area contributed by atoms with Crippen LogP contribution in [0.15, 0.2) is 0 Å². The number of carboxylic acids is 3. The van der Waals surface area contributed by atoms with Crippen molar-refractivity contribution < 1.29 is 29.7 Å². The molecular formula is C12H23N3O6. The van der Waals surface area contributed by atoms with Gasteiger partial charge in [-0.15, -0.1) is 0 Å². The van der Waals surface area contributed by atoms with E-state index in [2.05, 4.69) is 16.0 Å². The van der Waals surface area contributed by atoms with E-state index in [1.54, 1.807) is 0 Å². The van der Waals surface area contributed by atoms with Crippen molar-refractivity contribution >= 4 is 17.9 Å². The first kappa shape index (κ1) is 19.3. The average Bonchev–Trinajstić information content (AvgIpc) is 2.39. The lowest BCUT2D eigenvalue weighted by Crippen LogP contribution is -2.49. The molecule has 0 aromatic heterocycles. The van der Waals surface area contributed by atoms with E-state index in [9.17, 15) is 14.4 Å². The van der Waals surface area contributed by atoms with Crippen molar-refractivity contribution in [2.75, 3.05) is 39.3 Å². The number of nitrogens with one attached hydrogen (secondary N) is 3. The van der Waals surface area contributed by atoms with Crippen molar-refractivity contribution in [3.8, 4) is 0 Å². The lowest BCUT2D eigenvalue weighted by Gasteiger charge is -2.23. The summed E-state index contributed by atoms with van der Waals surface area (Å²) in [5.74, 6) is -4.79. The number of rotatable bonds is 13. The van der Waals surface area contributed by atoms with Gasteiger partial charge in [0, 0.05) is 32.7 Å². The van der Waals surface area contributed by atoms with Crippen LogP contribution in [-0.2, 0) is 14.4 Å². The number of carboxylic acid groups (broad SMARTS) is 3. The second-order valence-corrected chi connectivity index (χ2v) is 4.54. The maximum absolute atomic E-state index is 11.1. The molecule has 9 heteroatoms. The zero-order valence-corrected chi connectivity index (χ0v) is 12.0. The molecule has 0 rings (SSSR count). The lowest BCUT2D eigenvalue weighted by atomic mass is 9.84. The summed E-state index contributed by atoms with van der Waals surface area (Å²) in [7, 11) is 0. The fourth-order valence-electron chi connectivity index (χ4n) is 1.67. The third-order valence-electron chi connectivity index (χ3n) is 2.91. The van der Waals surface area contributed by atoms with Crippen LogP contribution in [0.5, 0.6) is 0 Å². The first-order valence-corrected chi connectivity index (χ1v) is 6.67. The predicted octanol–water partition coefficient (Wildman–Crippen LogP) is -1.59. The molecule has 122 valence electrons. The van der Waals surface area contributed by atoms with E-state index in [0.29, 0.717) is 13.1 Å². The molecule has 0 bridgehead atoms. The summed E-state index contributed by atoms with van der Waals surface area (Å²) >= 11 is 0. The molecule has 0 atom stereocenters. The summed E-state index contributed by atoms with van der Waals surface area (Å²) in [6.45, 7) is 4.80. The van der Waals surface area contributed by atoms with Gasteiger partial charge in [-0.3, -0.25) is 14.4 Å². The number of likely N-dealkylation sites (N-methyl/N-ethyl adjacent to an activating group) is 1. The van der Waals surface area contributed by atoms with Gasteiger partial charge in [-0.1, -0.05) is 6.92 Å². The molecule has 0 aromatic rings. The van der Waals surface area contributed by atoms with Crippen LogP contribution in [0.2, 0.25) is 0 Å². The number of hydrogen-bond acceptors (Lipinski definition) is 6. The monoisotopic (exact) mass is 305 g/mol. The van der Waals surface area contributed by atoms with Crippen LogP contribution in [0.4, 0.5) is 0 Å². The van der Waals surface area contributed by atoms with Crippen LogP contribution in [0.1, 0.15) is 13.3 Å². The van der Waals surface area contributed by atoms with E-state index in [4.69, 9.17) is 15.3 Å². The summed E-state index contributed by atoms with van der Waals surface area (Å²) in [6.07, 6.45) is -0.974. The molecule has 0 aliphatic heterocycles. The van der Waals surface area contributed by atoms with E-state index >= 15 is 0 Å². The van der Waals surface area contributed by atoms with Crippen molar-refractivity contribution in [3.63, 3.8) is 0 Å². The van der Waals surface area contributed by atoms with E-state index in [1.165, 1.54) is 0 Å². The Morgan fingerprint density at radius 1 is 0.857 bits per heavy atom. The Hall–Kier alpha value is -1.71. The minimum absolute atomic E-state index is 0.341. The van der Waals surface area contributed by atoms with Crippen LogP contribution < -0.4 is 16.0 Å². The maximum Gasteiger partial charge on any atom is 0.322 e. The summed E-state index contributed by atoms with van der Waals surface area (Å²) in [6, 6.07) is 0. The normalized spacial score (nSPS) is 11.3. The highest BCUT2D eigenvalue weighted by Gasteiger charge is 2.48. The van der Waals surface area contributed by atoms with Crippen LogP contribution in [-0.4, -0.2) is 72.5 Å². The van der Waals surface area contributed by atoms with Gasteiger partial charge in [0.15, 0.2) is 5.41 Å². The second kappa shape index (κ2) is 10.1. The van der Waals surface area contributed by atoms with Gasteiger partial charge in [-0.05, 0) is 6.54 Å². The standard InChI is InChI=1S/C12H23N3O6/c1-2-13-3-4-14-5-6-15-8-12(10(18)19,11(20)21)7-9(16)17/h13-15H,2-8H2,1H3,(H,16,17)(H,18,19)(H,20,21). The SMILES string of the molecule is CCNCCNCCNCC(CC(=O)O)(C(=O)O)C(=O)O. The second-order valence-electron chi connectivity index (χ2n) is 4.54. The van der Waals surface area contributed by atoms with Crippen molar-refractivity contribution in [2.45, 2.75) is 13.3 Å². The first-order valence-electron chi connectivity index (χ1n) is 6.67. The Labute approximate surface area is 122 Å². The smallest absolute Gasteiger partial charge is 0.322 e. The van der Waals surface area contributed by atoms with E-state index in [0.717, 1.165) is 19.6 Å². The molecule has 6 N–H and O–H groups in total. The summed E-state index contributed by atoms with van der Waals surface area (Å²) in [5.41, 5.74) is -2.35. The lowest BCUT2D eigenvalue weighted by molar-refractivity contribution is -0.169. The van der Waals surface area contributed by atoms with E-state index in [-0.39, 0.29) is 0 Å². The first-order chi connectivity index (χ1) is 9.86. The molecule has 0 heterocycles. The Morgan fingerprint density at radius 3 is 1.76 bits per heavy atom. The number of carbonyl (C=O) groups is 3. The molecule has 0 saturated carbocycles. The van der Waals surface area contributed by atoms with Crippen molar-refractivity contribution in [2.24, 2.45) is 5.41 Å². The van der Waals surface area contributed by atoms with Crippen molar-refractivity contribution in [1.82, 2.24) is 16.0 Å². The Morgan fingerprint density at radius 2 is 1.33 bits per heavy atom. The molecular weight excluding hydrogens is 282 g/mol. The minimum atomic E-state index is -2.35. The molecule has 0 fully saturated rings. The van der Waals surface area contributed by atoms with Gasteiger partial charge >= 0.3 is 17.9 Å². The molecule has 0 aliphatic rings. The van der Waals surface area contributed by atoms with Gasteiger partial charge in [0.25, 0.3) is 0 Å². The van der Waals surface area contributed by atoms with Crippen LogP contribution in [0.25, 0.3) is 0 Å². The molecule has 0 unspecified atom stereocenters. The largest absolute Gasteiger partial charge is 0.481 e. The fraction of sp³-hybridized carbons (Fsp3) is 0.750. The van der Waals surface area contributed by atoms with Crippen molar-refractivity contribution in [1.29, 1.82) is 0 Å². The van der Waals surface area contributed by atoms with Crippen LogP contribution in [0, 0.1) is 5.41 Å². The third-order valence-corrected chi connectivity index (χ3v) is 2.91. The van der Waals surface area contributed by atoms with Gasteiger partial charge in [0.05, 0.1) is 6.42 Å². The molecule has 0 radical (unpaired) electrons. The van der Waals surface area contributed by atoms with E-state index in [1.807, 2.05) is 6.92 Å². The summed E-state index contributed by atoms with van der Waals surface area (Å²) < 4.78 is 0. The minimum Gasteiger partial charge on any atom is -0.481 e. The van der Waals surface area contributed by atoms with Crippen LogP contribution in [0.3, 0.4) is 0 Å².